The Morgan fingerprint density at radius 3 is 2.79 bits per heavy atom. The van der Waals surface area contributed by atoms with Gasteiger partial charge >= 0.3 is 0 Å². The summed E-state index contributed by atoms with van der Waals surface area (Å²) in [5, 5.41) is 3.60. The van der Waals surface area contributed by atoms with Crippen LogP contribution in [0.4, 0.5) is 5.69 Å². The standard InChI is InChI=1S/C17H28N2/c1-4-11-18-13-17(14(2)3)19-12-7-9-15-8-5-6-10-16(15)19/h5-6,8,10,14,17-18H,4,7,9,11-13H2,1-3H3. The summed E-state index contributed by atoms with van der Waals surface area (Å²) in [6.07, 6.45) is 3.73. The van der Waals surface area contributed by atoms with E-state index in [-0.39, 0.29) is 0 Å². The summed E-state index contributed by atoms with van der Waals surface area (Å²) in [4.78, 5) is 2.63. The molecule has 1 heterocycles. The Balaban J connectivity index is 2.14. The highest BCUT2D eigenvalue weighted by atomic mass is 15.2. The summed E-state index contributed by atoms with van der Waals surface area (Å²) in [7, 11) is 0. The van der Waals surface area contributed by atoms with Gasteiger partial charge in [0.1, 0.15) is 0 Å². The lowest BCUT2D eigenvalue weighted by atomic mass is 9.95. The first-order valence-corrected chi connectivity index (χ1v) is 7.79. The molecule has 0 bridgehead atoms. The van der Waals surface area contributed by atoms with Crippen molar-refractivity contribution in [3.05, 3.63) is 29.8 Å². The number of hydrogen-bond acceptors (Lipinski definition) is 2. The quantitative estimate of drug-likeness (QED) is 0.788. The van der Waals surface area contributed by atoms with Crippen molar-refractivity contribution < 1.29 is 0 Å². The molecule has 1 aromatic rings. The Hall–Kier alpha value is -1.02. The second-order valence-corrected chi connectivity index (χ2v) is 5.94. The molecule has 0 aliphatic carbocycles. The van der Waals surface area contributed by atoms with Gasteiger partial charge in [0.25, 0.3) is 0 Å². The Morgan fingerprint density at radius 2 is 2.05 bits per heavy atom. The van der Waals surface area contributed by atoms with E-state index < -0.39 is 0 Å². The van der Waals surface area contributed by atoms with Gasteiger partial charge in [-0.05, 0) is 43.4 Å². The molecule has 0 saturated carbocycles. The number of para-hydroxylation sites is 1. The van der Waals surface area contributed by atoms with Gasteiger partial charge in [-0.25, -0.2) is 0 Å². The van der Waals surface area contributed by atoms with Gasteiger partial charge < -0.3 is 10.2 Å². The fraction of sp³-hybridized carbons (Fsp3) is 0.647. The lowest BCUT2D eigenvalue weighted by Gasteiger charge is -2.40. The van der Waals surface area contributed by atoms with Crippen LogP contribution in [-0.2, 0) is 6.42 Å². The minimum Gasteiger partial charge on any atom is -0.367 e. The summed E-state index contributed by atoms with van der Waals surface area (Å²) in [5.74, 6) is 0.676. The largest absolute Gasteiger partial charge is 0.367 e. The monoisotopic (exact) mass is 260 g/mol. The van der Waals surface area contributed by atoms with E-state index in [4.69, 9.17) is 0 Å². The van der Waals surface area contributed by atoms with Gasteiger partial charge in [0.15, 0.2) is 0 Å². The van der Waals surface area contributed by atoms with Crippen molar-refractivity contribution in [2.75, 3.05) is 24.5 Å². The van der Waals surface area contributed by atoms with Crippen LogP contribution < -0.4 is 10.2 Å². The number of nitrogens with zero attached hydrogens (tertiary/aromatic N) is 1. The fourth-order valence-corrected chi connectivity index (χ4v) is 3.04. The van der Waals surface area contributed by atoms with E-state index in [0.29, 0.717) is 12.0 Å². The Kier molecular flexibility index (Phi) is 5.26. The lowest BCUT2D eigenvalue weighted by Crippen LogP contribution is -2.48. The third kappa shape index (κ3) is 3.50. The third-order valence-electron chi connectivity index (χ3n) is 4.10. The smallest absolute Gasteiger partial charge is 0.0437 e. The number of benzene rings is 1. The number of nitrogens with one attached hydrogen (secondary N) is 1. The maximum atomic E-state index is 3.60. The Bertz CT molecular complexity index is 387. The van der Waals surface area contributed by atoms with Crippen LogP contribution in [0.15, 0.2) is 24.3 Å². The molecular weight excluding hydrogens is 232 g/mol. The maximum absolute atomic E-state index is 3.60. The molecule has 1 aliphatic heterocycles. The molecule has 1 aliphatic rings. The van der Waals surface area contributed by atoms with Gasteiger partial charge in [0.2, 0.25) is 0 Å². The Morgan fingerprint density at radius 1 is 1.26 bits per heavy atom. The number of hydrogen-bond donors (Lipinski definition) is 1. The van der Waals surface area contributed by atoms with Gasteiger partial charge in [-0.1, -0.05) is 39.0 Å². The van der Waals surface area contributed by atoms with Crippen LogP contribution in [0, 0.1) is 5.92 Å². The van der Waals surface area contributed by atoms with Gasteiger partial charge in [-0.2, -0.15) is 0 Å². The summed E-state index contributed by atoms with van der Waals surface area (Å²) in [6, 6.07) is 9.53. The molecule has 1 N–H and O–H groups in total. The molecule has 106 valence electrons. The topological polar surface area (TPSA) is 15.3 Å². The Labute approximate surface area is 118 Å². The zero-order valence-corrected chi connectivity index (χ0v) is 12.7. The van der Waals surface area contributed by atoms with Crippen molar-refractivity contribution in [2.45, 2.75) is 46.1 Å². The molecule has 0 aromatic heterocycles. The molecule has 0 saturated heterocycles. The predicted octanol–water partition coefficient (Wildman–Crippen LogP) is 3.46. The minimum absolute atomic E-state index is 0.605. The summed E-state index contributed by atoms with van der Waals surface area (Å²) < 4.78 is 0. The highest BCUT2D eigenvalue weighted by molar-refractivity contribution is 5.56. The van der Waals surface area contributed by atoms with Crippen LogP contribution in [0.1, 0.15) is 39.2 Å². The molecule has 19 heavy (non-hydrogen) atoms. The van der Waals surface area contributed by atoms with Gasteiger partial charge in [-0.15, -0.1) is 0 Å². The van der Waals surface area contributed by atoms with Crippen LogP contribution >= 0.6 is 0 Å². The fourth-order valence-electron chi connectivity index (χ4n) is 3.04. The second-order valence-electron chi connectivity index (χ2n) is 5.94. The van der Waals surface area contributed by atoms with Gasteiger partial charge in [-0.3, -0.25) is 0 Å². The molecule has 1 unspecified atom stereocenters. The summed E-state index contributed by atoms with van der Waals surface area (Å²) in [5.41, 5.74) is 2.99. The number of aryl methyl sites for hydroxylation is 1. The molecule has 0 radical (unpaired) electrons. The molecule has 0 amide bonds. The van der Waals surface area contributed by atoms with Crippen LogP contribution in [0.5, 0.6) is 0 Å². The van der Waals surface area contributed by atoms with E-state index in [1.807, 2.05) is 0 Å². The van der Waals surface area contributed by atoms with E-state index >= 15 is 0 Å². The van der Waals surface area contributed by atoms with E-state index in [9.17, 15) is 0 Å². The minimum atomic E-state index is 0.605. The van der Waals surface area contributed by atoms with Crippen LogP contribution in [0.25, 0.3) is 0 Å². The first kappa shape index (κ1) is 14.4. The average Bonchev–Trinajstić information content (AvgIpc) is 2.43. The molecule has 2 heteroatoms. The van der Waals surface area contributed by atoms with Crippen molar-refractivity contribution >= 4 is 5.69 Å². The SMILES string of the molecule is CCCNCC(C(C)C)N1CCCc2ccccc21. The van der Waals surface area contributed by atoms with Crippen LogP contribution in [-0.4, -0.2) is 25.7 Å². The highest BCUT2D eigenvalue weighted by Crippen LogP contribution is 2.30. The van der Waals surface area contributed by atoms with Crippen molar-refractivity contribution in [1.82, 2.24) is 5.32 Å². The molecule has 0 spiro atoms. The van der Waals surface area contributed by atoms with E-state index in [2.05, 4.69) is 55.3 Å². The third-order valence-corrected chi connectivity index (χ3v) is 4.10. The van der Waals surface area contributed by atoms with E-state index in [0.717, 1.165) is 13.1 Å². The van der Waals surface area contributed by atoms with Gasteiger partial charge in [0.05, 0.1) is 0 Å². The average molecular weight is 260 g/mol. The number of fused-ring (bicyclic) bond motifs is 1. The lowest BCUT2D eigenvalue weighted by molar-refractivity contribution is 0.418. The van der Waals surface area contributed by atoms with Crippen molar-refractivity contribution in [1.29, 1.82) is 0 Å². The zero-order valence-electron chi connectivity index (χ0n) is 12.7. The predicted molar refractivity (Wildman–Crippen MR) is 83.9 cm³/mol. The van der Waals surface area contributed by atoms with E-state index in [1.54, 1.807) is 0 Å². The molecular formula is C17H28N2. The summed E-state index contributed by atoms with van der Waals surface area (Å²) >= 11 is 0. The first-order chi connectivity index (χ1) is 9.24. The number of rotatable bonds is 6. The molecule has 1 atom stereocenters. The number of anilines is 1. The van der Waals surface area contributed by atoms with Crippen molar-refractivity contribution in [3.8, 4) is 0 Å². The zero-order chi connectivity index (χ0) is 13.7. The van der Waals surface area contributed by atoms with Crippen molar-refractivity contribution in [3.63, 3.8) is 0 Å². The molecule has 1 aromatic carbocycles. The van der Waals surface area contributed by atoms with E-state index in [1.165, 1.54) is 37.1 Å². The van der Waals surface area contributed by atoms with Crippen molar-refractivity contribution in [2.24, 2.45) is 5.92 Å². The molecule has 2 rings (SSSR count). The van der Waals surface area contributed by atoms with Crippen LogP contribution in [0.2, 0.25) is 0 Å². The molecule has 0 fully saturated rings. The summed E-state index contributed by atoms with van der Waals surface area (Å²) in [6.45, 7) is 10.3. The normalized spacial score (nSPS) is 16.5. The highest BCUT2D eigenvalue weighted by Gasteiger charge is 2.25. The van der Waals surface area contributed by atoms with Gasteiger partial charge in [0, 0.05) is 24.8 Å². The second kappa shape index (κ2) is 6.95. The maximum Gasteiger partial charge on any atom is 0.0437 e. The molecule has 2 nitrogen and oxygen atoms in total. The van der Waals surface area contributed by atoms with Crippen LogP contribution in [0.3, 0.4) is 0 Å². The first-order valence-electron chi connectivity index (χ1n) is 7.79.